The lowest BCUT2D eigenvalue weighted by Gasteiger charge is -2.26. The molecular formula is C14H23FN2. The van der Waals surface area contributed by atoms with Crippen LogP contribution >= 0.6 is 0 Å². The second-order valence-electron chi connectivity index (χ2n) is 4.43. The third-order valence-corrected chi connectivity index (χ3v) is 2.85. The first-order valence-corrected chi connectivity index (χ1v) is 6.38. The number of hydrogen-bond donors (Lipinski definition) is 1. The van der Waals surface area contributed by atoms with Gasteiger partial charge in [0, 0.05) is 18.8 Å². The molecule has 0 heterocycles. The Labute approximate surface area is 104 Å². The molecule has 0 aliphatic carbocycles. The SMILES string of the molecule is CCNCC(C)CN(CC)c1ccc(F)cc1. The highest BCUT2D eigenvalue weighted by molar-refractivity contribution is 5.46. The molecule has 0 aliphatic rings. The van der Waals surface area contributed by atoms with Crippen LogP contribution in [0.4, 0.5) is 10.1 Å². The molecule has 1 aromatic carbocycles. The fraction of sp³-hybridized carbons (Fsp3) is 0.571. The fourth-order valence-electron chi connectivity index (χ4n) is 1.90. The highest BCUT2D eigenvalue weighted by Crippen LogP contribution is 2.15. The Morgan fingerprint density at radius 2 is 1.88 bits per heavy atom. The maximum absolute atomic E-state index is 12.9. The maximum atomic E-state index is 12.9. The van der Waals surface area contributed by atoms with Crippen molar-refractivity contribution >= 4 is 5.69 Å². The molecular weight excluding hydrogens is 215 g/mol. The van der Waals surface area contributed by atoms with Gasteiger partial charge in [0.2, 0.25) is 0 Å². The van der Waals surface area contributed by atoms with E-state index in [-0.39, 0.29) is 5.82 Å². The number of nitrogens with one attached hydrogen (secondary N) is 1. The number of benzene rings is 1. The minimum absolute atomic E-state index is 0.175. The zero-order valence-corrected chi connectivity index (χ0v) is 11.0. The van der Waals surface area contributed by atoms with Crippen molar-refractivity contribution in [3.05, 3.63) is 30.1 Å². The van der Waals surface area contributed by atoms with Gasteiger partial charge in [0.1, 0.15) is 5.82 Å². The third-order valence-electron chi connectivity index (χ3n) is 2.85. The van der Waals surface area contributed by atoms with Crippen LogP contribution in [0, 0.1) is 11.7 Å². The van der Waals surface area contributed by atoms with Gasteiger partial charge in [-0.1, -0.05) is 13.8 Å². The molecule has 0 bridgehead atoms. The number of anilines is 1. The van der Waals surface area contributed by atoms with Crippen molar-refractivity contribution in [3.63, 3.8) is 0 Å². The average Bonchev–Trinajstić information content (AvgIpc) is 2.34. The van der Waals surface area contributed by atoms with Gasteiger partial charge in [0.15, 0.2) is 0 Å². The molecule has 3 heteroatoms. The largest absolute Gasteiger partial charge is 0.371 e. The van der Waals surface area contributed by atoms with Crippen LogP contribution in [0.3, 0.4) is 0 Å². The highest BCUT2D eigenvalue weighted by atomic mass is 19.1. The molecule has 0 aliphatic heterocycles. The minimum Gasteiger partial charge on any atom is -0.371 e. The molecule has 96 valence electrons. The van der Waals surface area contributed by atoms with E-state index in [1.54, 1.807) is 0 Å². The van der Waals surface area contributed by atoms with Gasteiger partial charge in [-0.15, -0.1) is 0 Å². The van der Waals surface area contributed by atoms with Crippen LogP contribution in [0.5, 0.6) is 0 Å². The first kappa shape index (κ1) is 14.0. The Morgan fingerprint density at radius 1 is 1.24 bits per heavy atom. The van der Waals surface area contributed by atoms with Crippen molar-refractivity contribution in [3.8, 4) is 0 Å². The number of halogens is 1. The van der Waals surface area contributed by atoms with E-state index in [4.69, 9.17) is 0 Å². The molecule has 0 saturated carbocycles. The van der Waals surface area contributed by atoms with Gasteiger partial charge in [-0.05, 0) is 50.2 Å². The Bertz CT molecular complexity index is 311. The smallest absolute Gasteiger partial charge is 0.123 e. The van der Waals surface area contributed by atoms with E-state index < -0.39 is 0 Å². The van der Waals surface area contributed by atoms with Crippen LogP contribution < -0.4 is 10.2 Å². The molecule has 0 aromatic heterocycles. The first-order chi connectivity index (χ1) is 8.17. The summed E-state index contributed by atoms with van der Waals surface area (Å²) in [5.74, 6) is 0.408. The van der Waals surface area contributed by atoms with Crippen LogP contribution in [0.25, 0.3) is 0 Å². The summed E-state index contributed by atoms with van der Waals surface area (Å²) in [6.07, 6.45) is 0. The van der Waals surface area contributed by atoms with Crippen LogP contribution in [0.2, 0.25) is 0 Å². The Kier molecular flexibility index (Phi) is 5.98. The predicted molar refractivity (Wildman–Crippen MR) is 72.0 cm³/mol. The normalized spacial score (nSPS) is 12.5. The molecule has 0 radical (unpaired) electrons. The average molecular weight is 238 g/mol. The molecule has 1 rings (SSSR count). The second kappa shape index (κ2) is 7.28. The molecule has 17 heavy (non-hydrogen) atoms. The zero-order valence-electron chi connectivity index (χ0n) is 11.0. The number of nitrogens with zero attached hydrogens (tertiary/aromatic N) is 1. The summed E-state index contributed by atoms with van der Waals surface area (Å²) >= 11 is 0. The Morgan fingerprint density at radius 3 is 2.41 bits per heavy atom. The third kappa shape index (κ3) is 4.73. The van der Waals surface area contributed by atoms with E-state index in [1.165, 1.54) is 12.1 Å². The number of hydrogen-bond acceptors (Lipinski definition) is 2. The van der Waals surface area contributed by atoms with E-state index in [0.717, 1.165) is 31.9 Å². The van der Waals surface area contributed by atoms with Gasteiger partial charge >= 0.3 is 0 Å². The maximum Gasteiger partial charge on any atom is 0.123 e. The molecule has 1 aromatic rings. The topological polar surface area (TPSA) is 15.3 Å². The first-order valence-electron chi connectivity index (χ1n) is 6.38. The Hall–Kier alpha value is -1.09. The molecule has 0 saturated heterocycles. The summed E-state index contributed by atoms with van der Waals surface area (Å²) in [7, 11) is 0. The summed E-state index contributed by atoms with van der Waals surface area (Å²) in [5.41, 5.74) is 1.09. The van der Waals surface area contributed by atoms with E-state index in [2.05, 4.69) is 31.0 Å². The van der Waals surface area contributed by atoms with Crippen molar-refractivity contribution in [2.75, 3.05) is 31.1 Å². The van der Waals surface area contributed by atoms with Gasteiger partial charge < -0.3 is 10.2 Å². The molecule has 1 N–H and O–H groups in total. The van der Waals surface area contributed by atoms with Crippen molar-refractivity contribution < 1.29 is 4.39 Å². The van der Waals surface area contributed by atoms with Gasteiger partial charge in [-0.25, -0.2) is 4.39 Å². The fourth-order valence-corrected chi connectivity index (χ4v) is 1.90. The summed E-state index contributed by atoms with van der Waals surface area (Å²) in [5, 5.41) is 3.35. The predicted octanol–water partition coefficient (Wildman–Crippen LogP) is 2.90. The van der Waals surface area contributed by atoms with Crippen LogP contribution in [0.15, 0.2) is 24.3 Å². The lowest BCUT2D eigenvalue weighted by Crippen LogP contribution is -2.33. The molecule has 0 fully saturated rings. The van der Waals surface area contributed by atoms with Crippen molar-refractivity contribution in [1.29, 1.82) is 0 Å². The lowest BCUT2D eigenvalue weighted by molar-refractivity contribution is 0.515. The molecule has 0 amide bonds. The molecule has 0 spiro atoms. The van der Waals surface area contributed by atoms with Crippen molar-refractivity contribution in [2.45, 2.75) is 20.8 Å². The molecule has 1 atom stereocenters. The lowest BCUT2D eigenvalue weighted by atomic mass is 10.1. The van der Waals surface area contributed by atoms with Gasteiger partial charge in [-0.3, -0.25) is 0 Å². The monoisotopic (exact) mass is 238 g/mol. The van der Waals surface area contributed by atoms with Crippen LogP contribution in [0.1, 0.15) is 20.8 Å². The van der Waals surface area contributed by atoms with Crippen LogP contribution in [-0.4, -0.2) is 26.2 Å². The quantitative estimate of drug-likeness (QED) is 0.785. The van der Waals surface area contributed by atoms with Gasteiger partial charge in [0.25, 0.3) is 0 Å². The molecule has 2 nitrogen and oxygen atoms in total. The summed E-state index contributed by atoms with van der Waals surface area (Å²) in [4.78, 5) is 2.28. The van der Waals surface area contributed by atoms with E-state index >= 15 is 0 Å². The van der Waals surface area contributed by atoms with Crippen molar-refractivity contribution in [2.24, 2.45) is 5.92 Å². The molecule has 1 unspecified atom stereocenters. The Balaban J connectivity index is 2.56. The van der Waals surface area contributed by atoms with Crippen molar-refractivity contribution in [1.82, 2.24) is 5.32 Å². The summed E-state index contributed by atoms with van der Waals surface area (Å²) in [6, 6.07) is 6.73. The number of rotatable bonds is 7. The summed E-state index contributed by atoms with van der Waals surface area (Å²) in [6.45, 7) is 10.4. The van der Waals surface area contributed by atoms with Crippen LogP contribution in [-0.2, 0) is 0 Å². The zero-order chi connectivity index (χ0) is 12.7. The van der Waals surface area contributed by atoms with E-state index in [1.807, 2.05) is 12.1 Å². The van der Waals surface area contributed by atoms with E-state index in [0.29, 0.717) is 5.92 Å². The van der Waals surface area contributed by atoms with Gasteiger partial charge in [0.05, 0.1) is 0 Å². The van der Waals surface area contributed by atoms with Gasteiger partial charge in [-0.2, -0.15) is 0 Å². The summed E-state index contributed by atoms with van der Waals surface area (Å²) < 4.78 is 12.9. The highest BCUT2D eigenvalue weighted by Gasteiger charge is 2.09. The van der Waals surface area contributed by atoms with E-state index in [9.17, 15) is 4.39 Å². The standard InChI is InChI=1S/C14H23FN2/c1-4-16-10-12(3)11-17(5-2)14-8-6-13(15)7-9-14/h6-9,12,16H,4-5,10-11H2,1-3H3. The minimum atomic E-state index is -0.175. The second-order valence-corrected chi connectivity index (χ2v) is 4.43.